The first-order valence-electron chi connectivity index (χ1n) is 5.05. The van der Waals surface area contributed by atoms with Crippen molar-refractivity contribution in [3.8, 4) is 0 Å². The molecule has 0 saturated carbocycles. The minimum absolute atomic E-state index is 0.155. The van der Waals surface area contributed by atoms with Gasteiger partial charge in [-0.2, -0.15) is 13.2 Å². The summed E-state index contributed by atoms with van der Waals surface area (Å²) in [5.74, 6) is -1.02. The van der Waals surface area contributed by atoms with Gasteiger partial charge in [0.1, 0.15) is 0 Å². The van der Waals surface area contributed by atoms with E-state index in [1.165, 1.54) is 6.08 Å². The summed E-state index contributed by atoms with van der Waals surface area (Å²) in [6, 6.07) is 0. The topological polar surface area (TPSA) is 37.3 Å². The zero-order chi connectivity index (χ0) is 12.4. The maximum Gasteiger partial charge on any atom is 0.389 e. The lowest BCUT2D eigenvalue weighted by Crippen LogP contribution is -2.06. The number of carbonyl (C=O) groups is 1. The van der Waals surface area contributed by atoms with E-state index in [1.807, 2.05) is 0 Å². The van der Waals surface area contributed by atoms with E-state index in [0.29, 0.717) is 19.3 Å². The third-order valence-electron chi connectivity index (χ3n) is 1.82. The van der Waals surface area contributed by atoms with Gasteiger partial charge in [-0.1, -0.05) is 24.6 Å². The molecule has 0 aliphatic heterocycles. The van der Waals surface area contributed by atoms with Gasteiger partial charge in [-0.15, -0.1) is 0 Å². The summed E-state index contributed by atoms with van der Waals surface area (Å²) in [7, 11) is 0. The first-order valence-corrected chi connectivity index (χ1v) is 5.05. The highest BCUT2D eigenvalue weighted by Gasteiger charge is 2.25. The van der Waals surface area contributed by atoms with Crippen molar-refractivity contribution in [3.05, 3.63) is 24.3 Å². The second-order valence-corrected chi connectivity index (χ2v) is 3.34. The zero-order valence-corrected chi connectivity index (χ0v) is 8.83. The second-order valence-electron chi connectivity index (χ2n) is 3.34. The highest BCUT2D eigenvalue weighted by Crippen LogP contribution is 2.22. The van der Waals surface area contributed by atoms with E-state index in [2.05, 4.69) is 0 Å². The van der Waals surface area contributed by atoms with Crippen LogP contribution in [0.15, 0.2) is 24.3 Å². The molecule has 5 heteroatoms. The number of rotatable bonds is 7. The molecule has 0 aliphatic carbocycles. The Hall–Kier alpha value is -1.26. The molecule has 0 bridgehead atoms. The lowest BCUT2D eigenvalue weighted by atomic mass is 10.1. The number of halogens is 3. The van der Waals surface area contributed by atoms with Gasteiger partial charge in [-0.3, -0.25) is 0 Å². The summed E-state index contributed by atoms with van der Waals surface area (Å²) in [6.45, 7) is 0. The summed E-state index contributed by atoms with van der Waals surface area (Å²) in [5, 5.41) is 8.24. The smallest absolute Gasteiger partial charge is 0.389 e. The van der Waals surface area contributed by atoms with Crippen LogP contribution >= 0.6 is 0 Å². The highest BCUT2D eigenvalue weighted by atomic mass is 19.4. The molecular formula is C11H15F3O2. The van der Waals surface area contributed by atoms with Crippen molar-refractivity contribution in [3.63, 3.8) is 0 Å². The van der Waals surface area contributed by atoms with Crippen molar-refractivity contribution in [2.24, 2.45) is 0 Å². The van der Waals surface area contributed by atoms with Crippen molar-refractivity contribution in [2.45, 2.75) is 38.3 Å². The Labute approximate surface area is 92.5 Å². The Kier molecular flexibility index (Phi) is 7.33. The van der Waals surface area contributed by atoms with E-state index in [4.69, 9.17) is 5.11 Å². The predicted molar refractivity (Wildman–Crippen MR) is 55.1 cm³/mol. The van der Waals surface area contributed by atoms with E-state index in [1.54, 1.807) is 12.2 Å². The van der Waals surface area contributed by atoms with E-state index < -0.39 is 18.6 Å². The van der Waals surface area contributed by atoms with E-state index >= 15 is 0 Å². The minimum Gasteiger partial charge on any atom is -0.478 e. The highest BCUT2D eigenvalue weighted by molar-refractivity contribution is 5.80. The second kappa shape index (κ2) is 7.96. The Balaban J connectivity index is 3.37. The summed E-state index contributed by atoms with van der Waals surface area (Å²) >= 11 is 0. The maximum atomic E-state index is 11.7. The minimum atomic E-state index is -4.06. The van der Waals surface area contributed by atoms with Crippen LogP contribution in [0, 0.1) is 0 Å². The number of alkyl halides is 3. The third kappa shape index (κ3) is 12.7. The molecule has 16 heavy (non-hydrogen) atoms. The van der Waals surface area contributed by atoms with Crippen molar-refractivity contribution in [1.82, 2.24) is 0 Å². The summed E-state index contributed by atoms with van der Waals surface area (Å²) in [4.78, 5) is 10.0. The monoisotopic (exact) mass is 236 g/mol. The van der Waals surface area contributed by atoms with Gasteiger partial charge < -0.3 is 5.11 Å². The van der Waals surface area contributed by atoms with Crippen LogP contribution < -0.4 is 0 Å². The number of hydrogen-bond donors (Lipinski definition) is 1. The number of unbranched alkanes of at least 4 members (excludes halogenated alkanes) is 3. The molecule has 0 spiro atoms. The zero-order valence-electron chi connectivity index (χ0n) is 8.83. The molecule has 0 atom stereocenters. The fraction of sp³-hybridized carbons (Fsp3) is 0.545. The molecule has 0 aliphatic rings. The largest absolute Gasteiger partial charge is 0.478 e. The van der Waals surface area contributed by atoms with Crippen LogP contribution in [0.3, 0.4) is 0 Å². The summed E-state index contributed by atoms with van der Waals surface area (Å²) < 4.78 is 35.2. The molecule has 2 nitrogen and oxygen atoms in total. The van der Waals surface area contributed by atoms with Crippen molar-refractivity contribution < 1.29 is 23.1 Å². The van der Waals surface area contributed by atoms with E-state index in [9.17, 15) is 18.0 Å². The van der Waals surface area contributed by atoms with Crippen LogP contribution in [-0.2, 0) is 4.79 Å². The van der Waals surface area contributed by atoms with Gasteiger partial charge in [0.2, 0.25) is 0 Å². The summed E-state index contributed by atoms with van der Waals surface area (Å²) in [5.41, 5.74) is 0. The van der Waals surface area contributed by atoms with Crippen LogP contribution in [-0.4, -0.2) is 17.3 Å². The number of hydrogen-bond acceptors (Lipinski definition) is 1. The standard InChI is InChI=1S/C11H15F3O2/c12-11(13,14)9-7-5-3-1-2-4-6-8-10(15)16/h2,4,6,8H,1,3,5,7,9H2,(H,15,16)/b4-2+,8-6+. The van der Waals surface area contributed by atoms with Crippen molar-refractivity contribution in [1.29, 1.82) is 0 Å². The number of carboxylic acid groups (broad SMARTS) is 1. The molecule has 0 unspecified atom stereocenters. The van der Waals surface area contributed by atoms with Crippen LogP contribution in [0.2, 0.25) is 0 Å². The lowest BCUT2D eigenvalue weighted by molar-refractivity contribution is -0.135. The molecule has 92 valence electrons. The Bertz CT molecular complexity index is 254. The van der Waals surface area contributed by atoms with Crippen molar-refractivity contribution in [2.75, 3.05) is 0 Å². The molecule has 0 aromatic rings. The van der Waals surface area contributed by atoms with Gasteiger partial charge in [0.05, 0.1) is 0 Å². The fourth-order valence-corrected chi connectivity index (χ4v) is 1.08. The predicted octanol–water partition coefficient (Wildman–Crippen LogP) is 3.70. The quantitative estimate of drug-likeness (QED) is 0.415. The Morgan fingerprint density at radius 3 is 2.38 bits per heavy atom. The average molecular weight is 236 g/mol. The number of allylic oxidation sites excluding steroid dienone is 3. The molecule has 0 aromatic heterocycles. The molecule has 0 heterocycles. The van der Waals surface area contributed by atoms with E-state index in [0.717, 1.165) is 6.08 Å². The van der Waals surface area contributed by atoms with E-state index in [-0.39, 0.29) is 6.42 Å². The molecule has 0 saturated heterocycles. The van der Waals surface area contributed by atoms with Crippen LogP contribution in [0.4, 0.5) is 13.2 Å². The molecule has 0 amide bonds. The summed E-state index contributed by atoms with van der Waals surface area (Å²) in [6.07, 6.45) is 2.98. The SMILES string of the molecule is O=C(O)/C=C/C=C/CCCCCC(F)(F)F. The molecular weight excluding hydrogens is 221 g/mol. The fourth-order valence-electron chi connectivity index (χ4n) is 1.08. The first-order chi connectivity index (χ1) is 7.42. The third-order valence-corrected chi connectivity index (χ3v) is 1.82. The van der Waals surface area contributed by atoms with Gasteiger partial charge >= 0.3 is 12.1 Å². The molecule has 1 N–H and O–H groups in total. The Morgan fingerprint density at radius 2 is 1.81 bits per heavy atom. The number of aliphatic carboxylic acids is 1. The molecule has 0 rings (SSSR count). The van der Waals surface area contributed by atoms with Crippen molar-refractivity contribution >= 4 is 5.97 Å². The normalized spacial score (nSPS) is 12.7. The van der Waals surface area contributed by atoms with Crippen LogP contribution in [0.1, 0.15) is 32.1 Å². The lowest BCUT2D eigenvalue weighted by Gasteiger charge is -2.04. The molecule has 0 radical (unpaired) electrons. The average Bonchev–Trinajstić information content (AvgIpc) is 2.13. The van der Waals surface area contributed by atoms with Gasteiger partial charge in [-0.25, -0.2) is 4.79 Å². The van der Waals surface area contributed by atoms with Gasteiger partial charge in [0.15, 0.2) is 0 Å². The van der Waals surface area contributed by atoms with Crippen LogP contribution in [0.5, 0.6) is 0 Å². The van der Waals surface area contributed by atoms with Gasteiger partial charge in [-0.05, 0) is 19.3 Å². The maximum absolute atomic E-state index is 11.7. The molecule has 0 fully saturated rings. The van der Waals surface area contributed by atoms with Crippen LogP contribution in [0.25, 0.3) is 0 Å². The molecule has 0 aromatic carbocycles. The number of carboxylic acids is 1. The van der Waals surface area contributed by atoms with Gasteiger partial charge in [0.25, 0.3) is 0 Å². The van der Waals surface area contributed by atoms with Gasteiger partial charge in [0, 0.05) is 12.5 Å². The Morgan fingerprint density at radius 1 is 1.12 bits per heavy atom. The first kappa shape index (κ1) is 14.7.